The van der Waals surface area contributed by atoms with Gasteiger partial charge in [-0.1, -0.05) is 5.16 Å². The van der Waals surface area contributed by atoms with Crippen LogP contribution in [0.5, 0.6) is 5.75 Å². The molecule has 1 unspecified atom stereocenters. The Morgan fingerprint density at radius 3 is 2.72 bits per heavy atom. The van der Waals surface area contributed by atoms with Gasteiger partial charge in [0.2, 0.25) is 5.76 Å². The van der Waals surface area contributed by atoms with Crippen LogP contribution >= 0.6 is 0 Å². The van der Waals surface area contributed by atoms with E-state index >= 15 is 0 Å². The van der Waals surface area contributed by atoms with E-state index in [0.717, 1.165) is 22.0 Å². The molecule has 130 valence electrons. The van der Waals surface area contributed by atoms with Crippen molar-refractivity contribution in [1.29, 1.82) is 0 Å². The average molecular weight is 342 g/mol. The molecular formula is C18H20N3O4+. The van der Waals surface area contributed by atoms with Crippen molar-refractivity contribution in [1.82, 2.24) is 5.16 Å². The number of hydrogen-bond acceptors (Lipinski definition) is 5. The van der Waals surface area contributed by atoms with E-state index in [2.05, 4.69) is 10.5 Å². The molecule has 0 radical (unpaired) electrons. The first kappa shape index (κ1) is 16.8. The summed E-state index contributed by atoms with van der Waals surface area (Å²) in [5.41, 5.74) is 1.50. The number of amides is 1. The zero-order chi connectivity index (χ0) is 17.6. The van der Waals surface area contributed by atoms with Gasteiger partial charge in [0.05, 0.1) is 20.4 Å². The number of nitrogens with one attached hydrogen (secondary N) is 2. The highest BCUT2D eigenvalue weighted by Gasteiger charge is 2.15. The Kier molecular flexibility index (Phi) is 5.15. The van der Waals surface area contributed by atoms with E-state index in [1.54, 1.807) is 43.7 Å². The minimum atomic E-state index is -0.0718. The lowest BCUT2D eigenvalue weighted by molar-refractivity contribution is -0.885. The van der Waals surface area contributed by atoms with Gasteiger partial charge in [-0.05, 0) is 36.4 Å². The predicted molar refractivity (Wildman–Crippen MR) is 91.3 cm³/mol. The summed E-state index contributed by atoms with van der Waals surface area (Å²) in [6.07, 6.45) is 1.58. The van der Waals surface area contributed by atoms with Crippen molar-refractivity contribution in [3.63, 3.8) is 0 Å². The average Bonchev–Trinajstić information content (AvgIpc) is 3.26. The quantitative estimate of drug-likeness (QED) is 0.681. The van der Waals surface area contributed by atoms with Gasteiger partial charge in [-0.15, -0.1) is 0 Å². The van der Waals surface area contributed by atoms with Crippen LogP contribution in [0.4, 0.5) is 5.69 Å². The van der Waals surface area contributed by atoms with Gasteiger partial charge >= 0.3 is 0 Å². The summed E-state index contributed by atoms with van der Waals surface area (Å²) < 4.78 is 15.6. The molecule has 2 aromatic heterocycles. The van der Waals surface area contributed by atoms with E-state index in [-0.39, 0.29) is 5.91 Å². The van der Waals surface area contributed by atoms with Crippen LogP contribution in [0.1, 0.15) is 5.69 Å². The zero-order valence-corrected chi connectivity index (χ0v) is 14.1. The lowest BCUT2D eigenvalue weighted by Crippen LogP contribution is -3.08. The molecule has 1 aromatic carbocycles. The van der Waals surface area contributed by atoms with E-state index in [1.807, 2.05) is 19.2 Å². The van der Waals surface area contributed by atoms with Gasteiger partial charge in [0, 0.05) is 11.8 Å². The second-order valence-electron chi connectivity index (χ2n) is 5.75. The summed E-state index contributed by atoms with van der Waals surface area (Å²) in [7, 11) is 3.53. The molecule has 2 heterocycles. The van der Waals surface area contributed by atoms with E-state index in [0.29, 0.717) is 24.6 Å². The highest BCUT2D eigenvalue weighted by molar-refractivity contribution is 5.91. The number of hydrogen-bond donors (Lipinski definition) is 2. The molecule has 1 amide bonds. The Bertz CT molecular complexity index is 809. The Labute approximate surface area is 145 Å². The lowest BCUT2D eigenvalue weighted by atomic mass is 10.3. The fourth-order valence-corrected chi connectivity index (χ4v) is 2.46. The zero-order valence-electron chi connectivity index (χ0n) is 14.1. The maximum atomic E-state index is 12.1. The third kappa shape index (κ3) is 4.48. The molecular weight excluding hydrogens is 322 g/mol. The molecule has 7 heteroatoms. The SMILES string of the molecule is COc1ccc(NC(=O)C[NH+](C)Cc2cc(-c3ccco3)on2)cc1. The van der Waals surface area contributed by atoms with Crippen molar-refractivity contribution in [3.05, 3.63) is 54.4 Å². The number of ether oxygens (including phenoxy) is 1. The van der Waals surface area contributed by atoms with Crippen LogP contribution in [0.2, 0.25) is 0 Å². The second kappa shape index (κ2) is 7.67. The van der Waals surface area contributed by atoms with Crippen LogP contribution in [0.25, 0.3) is 11.5 Å². The molecule has 0 aliphatic heterocycles. The first-order valence-corrected chi connectivity index (χ1v) is 7.88. The molecule has 0 spiro atoms. The van der Waals surface area contributed by atoms with Gasteiger partial charge in [0.25, 0.3) is 5.91 Å². The monoisotopic (exact) mass is 342 g/mol. The minimum Gasteiger partial charge on any atom is -0.497 e. The molecule has 0 saturated heterocycles. The van der Waals surface area contributed by atoms with E-state index in [4.69, 9.17) is 13.7 Å². The van der Waals surface area contributed by atoms with Crippen LogP contribution < -0.4 is 15.0 Å². The topological polar surface area (TPSA) is 81.9 Å². The number of carbonyl (C=O) groups is 1. The maximum Gasteiger partial charge on any atom is 0.279 e. The third-order valence-electron chi connectivity index (χ3n) is 3.64. The molecule has 0 aliphatic carbocycles. The first-order chi connectivity index (χ1) is 12.1. The van der Waals surface area contributed by atoms with Gasteiger partial charge in [-0.25, -0.2) is 0 Å². The van der Waals surface area contributed by atoms with Gasteiger partial charge in [-0.3, -0.25) is 4.79 Å². The Hall–Kier alpha value is -3.06. The van der Waals surface area contributed by atoms with Crippen LogP contribution in [0.3, 0.4) is 0 Å². The molecule has 7 nitrogen and oxygen atoms in total. The van der Waals surface area contributed by atoms with E-state index < -0.39 is 0 Å². The molecule has 2 N–H and O–H groups in total. The highest BCUT2D eigenvalue weighted by atomic mass is 16.5. The van der Waals surface area contributed by atoms with E-state index in [1.165, 1.54) is 0 Å². The van der Waals surface area contributed by atoms with Crippen LogP contribution in [0, 0.1) is 0 Å². The number of methoxy groups -OCH3 is 1. The lowest BCUT2D eigenvalue weighted by Gasteiger charge is -2.12. The number of aromatic nitrogens is 1. The van der Waals surface area contributed by atoms with Gasteiger partial charge in [0.15, 0.2) is 12.3 Å². The van der Waals surface area contributed by atoms with Gasteiger partial charge < -0.3 is 23.9 Å². The number of rotatable bonds is 7. The fraction of sp³-hybridized carbons (Fsp3) is 0.222. The molecule has 3 rings (SSSR count). The maximum absolute atomic E-state index is 12.1. The van der Waals surface area contributed by atoms with Crippen molar-refractivity contribution in [3.8, 4) is 17.3 Å². The first-order valence-electron chi connectivity index (χ1n) is 7.88. The highest BCUT2D eigenvalue weighted by Crippen LogP contribution is 2.20. The van der Waals surface area contributed by atoms with Crippen molar-refractivity contribution in [2.24, 2.45) is 0 Å². The summed E-state index contributed by atoms with van der Waals surface area (Å²) in [5, 5.41) is 6.88. The van der Waals surface area contributed by atoms with Crippen molar-refractivity contribution in [2.45, 2.75) is 6.54 Å². The number of benzene rings is 1. The Morgan fingerprint density at radius 2 is 2.04 bits per heavy atom. The summed E-state index contributed by atoms with van der Waals surface area (Å²) >= 11 is 0. The number of carbonyl (C=O) groups excluding carboxylic acids is 1. The molecule has 0 bridgehead atoms. The standard InChI is InChI=1S/C18H19N3O4/c1-21(11-14-10-17(25-20-14)16-4-3-9-24-16)12-18(22)19-13-5-7-15(23-2)8-6-13/h3-10H,11-12H2,1-2H3,(H,19,22)/p+1. The summed E-state index contributed by atoms with van der Waals surface area (Å²) in [6, 6.07) is 12.6. The summed E-state index contributed by atoms with van der Waals surface area (Å²) in [4.78, 5) is 13.1. The normalized spacial score (nSPS) is 11.9. The number of quaternary nitrogens is 1. The Balaban J connectivity index is 1.51. The smallest absolute Gasteiger partial charge is 0.279 e. The molecule has 1 atom stereocenters. The molecule has 0 aliphatic rings. The third-order valence-corrected chi connectivity index (χ3v) is 3.64. The van der Waals surface area contributed by atoms with Crippen molar-refractivity contribution < 1.29 is 23.4 Å². The molecule has 25 heavy (non-hydrogen) atoms. The molecule has 0 saturated carbocycles. The molecule has 3 aromatic rings. The minimum absolute atomic E-state index is 0.0718. The van der Waals surface area contributed by atoms with E-state index in [9.17, 15) is 4.79 Å². The van der Waals surface area contributed by atoms with Crippen molar-refractivity contribution >= 4 is 11.6 Å². The summed E-state index contributed by atoms with van der Waals surface area (Å²) in [5.74, 6) is 1.89. The fourth-order valence-electron chi connectivity index (χ4n) is 2.46. The number of furan rings is 1. The summed E-state index contributed by atoms with van der Waals surface area (Å²) in [6.45, 7) is 0.884. The number of nitrogens with zero attached hydrogens (tertiary/aromatic N) is 1. The van der Waals surface area contributed by atoms with Gasteiger partial charge in [-0.2, -0.15) is 0 Å². The van der Waals surface area contributed by atoms with Crippen LogP contribution in [-0.2, 0) is 11.3 Å². The van der Waals surface area contributed by atoms with Crippen LogP contribution in [0.15, 0.2) is 57.7 Å². The van der Waals surface area contributed by atoms with Crippen LogP contribution in [-0.4, -0.2) is 31.8 Å². The largest absolute Gasteiger partial charge is 0.497 e. The number of likely N-dealkylation sites (N-methyl/N-ethyl adjacent to an activating group) is 1. The second-order valence-corrected chi connectivity index (χ2v) is 5.75. The predicted octanol–water partition coefficient (Wildman–Crippen LogP) is 1.60. The number of anilines is 1. The molecule has 0 fully saturated rings. The van der Waals surface area contributed by atoms with Gasteiger partial charge in [0.1, 0.15) is 18.0 Å². The van der Waals surface area contributed by atoms with Crippen molar-refractivity contribution in [2.75, 3.05) is 26.0 Å². The Morgan fingerprint density at radius 1 is 1.24 bits per heavy atom.